The molecule has 0 spiro atoms. The third kappa shape index (κ3) is 7.66. The van der Waals surface area contributed by atoms with Crippen LogP contribution in [0.3, 0.4) is 0 Å². The molecule has 14 nitrogen and oxygen atoms in total. The number of hydrogen-bond donors (Lipinski definition) is 1. The lowest BCUT2D eigenvalue weighted by Gasteiger charge is -2.24. The molecule has 3 heterocycles. The maximum atomic E-state index is 13.5. The molecule has 5 rings (SSSR count). The van der Waals surface area contributed by atoms with Gasteiger partial charge in [0.15, 0.2) is 35.4 Å². The predicted molar refractivity (Wildman–Crippen MR) is 173 cm³/mol. The van der Waals surface area contributed by atoms with Crippen LogP contribution in [0.1, 0.15) is 47.7 Å². The Bertz CT molecular complexity index is 1810. The smallest absolute Gasteiger partial charge is 0.367 e. The van der Waals surface area contributed by atoms with Crippen LogP contribution >= 0.6 is 23.5 Å². The molecule has 1 aliphatic heterocycles. The fourth-order valence-electron chi connectivity index (χ4n) is 4.87. The Kier molecular flexibility index (Phi) is 10.9. The van der Waals surface area contributed by atoms with E-state index in [1.807, 2.05) is 0 Å². The second kappa shape index (κ2) is 15.1. The third-order valence-corrected chi connectivity index (χ3v) is 10.3. The molecule has 0 unspecified atom stereocenters. The molecule has 0 bridgehead atoms. The number of rotatable bonds is 12. The number of ether oxygens (including phenoxy) is 3. The van der Waals surface area contributed by atoms with Crippen molar-refractivity contribution < 1.29 is 42.2 Å². The van der Waals surface area contributed by atoms with Crippen molar-refractivity contribution in [2.75, 3.05) is 18.5 Å². The van der Waals surface area contributed by atoms with E-state index in [-0.39, 0.29) is 40.0 Å². The van der Waals surface area contributed by atoms with Gasteiger partial charge in [-0.05, 0) is 60.1 Å². The Balaban J connectivity index is 1.56. The number of imidazole rings is 1. The minimum absolute atomic E-state index is 0.0189. The van der Waals surface area contributed by atoms with E-state index in [9.17, 15) is 18.9 Å². The highest BCUT2D eigenvalue weighted by molar-refractivity contribution is 9.13. The summed E-state index contributed by atoms with van der Waals surface area (Å²) in [5, 5.41) is 2.74. The highest BCUT2D eigenvalue weighted by Crippen LogP contribution is 2.59. The topological polar surface area (TPSA) is 170 Å². The van der Waals surface area contributed by atoms with Crippen LogP contribution in [-0.4, -0.2) is 68.9 Å². The number of carbonyl (C=O) groups excluding carboxylic acids is 3. The number of halogens is 1. The van der Waals surface area contributed by atoms with E-state index in [2.05, 4.69) is 36.2 Å². The Morgan fingerprint density at radius 3 is 2.19 bits per heavy atom. The van der Waals surface area contributed by atoms with Crippen molar-refractivity contribution in [2.24, 2.45) is 0 Å². The molecule has 0 radical (unpaired) electrons. The number of aromatic nitrogens is 4. The van der Waals surface area contributed by atoms with Crippen LogP contribution in [0.15, 0.2) is 83.6 Å². The number of anilines is 1. The number of esters is 2. The molecule has 1 N–H and O–H groups in total. The first kappa shape index (κ1) is 34.1. The molecular formula is C31H31BrN5O9P. The van der Waals surface area contributed by atoms with Gasteiger partial charge in [0.05, 0.1) is 25.1 Å². The van der Waals surface area contributed by atoms with Crippen LogP contribution in [-0.2, 0) is 32.6 Å². The van der Waals surface area contributed by atoms with Crippen LogP contribution in [0.25, 0.3) is 11.2 Å². The van der Waals surface area contributed by atoms with Crippen molar-refractivity contribution in [3.8, 4) is 0 Å². The lowest BCUT2D eigenvalue weighted by Crippen LogP contribution is -2.38. The molecule has 2 aromatic carbocycles. The molecule has 1 fully saturated rings. The van der Waals surface area contributed by atoms with Crippen LogP contribution in [0.2, 0.25) is 0 Å². The van der Waals surface area contributed by atoms with Gasteiger partial charge in [-0.3, -0.25) is 18.7 Å². The lowest BCUT2D eigenvalue weighted by atomic mass is 10.1. The number of amides is 1. The number of fused-ring (bicyclic) bond motifs is 1. The zero-order valence-electron chi connectivity index (χ0n) is 25.5. The van der Waals surface area contributed by atoms with E-state index >= 15 is 0 Å². The summed E-state index contributed by atoms with van der Waals surface area (Å²) in [6.45, 7) is 4.70. The fourth-order valence-corrected chi connectivity index (χ4v) is 7.07. The summed E-state index contributed by atoms with van der Waals surface area (Å²) < 4.78 is 44.0. The first-order chi connectivity index (χ1) is 22.6. The average molecular weight is 728 g/mol. The predicted octanol–water partition coefficient (Wildman–Crippen LogP) is 5.64. The van der Waals surface area contributed by atoms with Crippen LogP contribution in [0, 0.1) is 0 Å². The summed E-state index contributed by atoms with van der Waals surface area (Å²) in [4.78, 5) is 51.6. The van der Waals surface area contributed by atoms with Gasteiger partial charge in [0.2, 0.25) is 0 Å². The summed E-state index contributed by atoms with van der Waals surface area (Å²) in [7, 11) is -3.82. The summed E-state index contributed by atoms with van der Waals surface area (Å²) in [5.74, 6) is -1.68. The molecular weight excluding hydrogens is 697 g/mol. The largest absolute Gasteiger partial charge is 0.454 e. The van der Waals surface area contributed by atoms with Gasteiger partial charge >= 0.3 is 19.5 Å². The molecule has 246 valence electrons. The van der Waals surface area contributed by atoms with Crippen LogP contribution < -0.4 is 5.32 Å². The van der Waals surface area contributed by atoms with Crippen molar-refractivity contribution in [1.82, 2.24) is 19.5 Å². The van der Waals surface area contributed by atoms with E-state index in [0.717, 1.165) is 0 Å². The van der Waals surface area contributed by atoms with Gasteiger partial charge in [0.1, 0.15) is 16.7 Å². The summed E-state index contributed by atoms with van der Waals surface area (Å²) in [5.41, 5.74) is 1.09. The molecule has 0 aliphatic carbocycles. The van der Waals surface area contributed by atoms with Gasteiger partial charge in [0, 0.05) is 12.5 Å². The SMILES string of the molecule is CCOP(=O)(OCC)/C(Br)=C/[C@H]1O[C@@H](n2cnc3c(NC(=O)c4ccccc4)ncnc32)[C@H](OC(C)=O)[C@@H]1OC(=O)c1ccccc1. The molecule has 1 aliphatic rings. The zero-order valence-corrected chi connectivity index (χ0v) is 28.0. The lowest BCUT2D eigenvalue weighted by molar-refractivity contribution is -0.156. The standard InChI is InChI=1S/C31H31BrN5O9P/c1-4-42-47(41,43-5-2)23(32)16-22-25(46-31(40)21-14-10-7-11-15-21)26(44-19(3)38)30(45-22)37-18-35-24-27(33-17-34-28(24)37)36-29(39)20-12-8-6-9-13-20/h6-18,22,25-26,30H,4-5H2,1-3H3,(H,33,34,36,39)/b23-16+/t22-,25-,26-,30-/m1/s1. The minimum atomic E-state index is -3.82. The van der Waals surface area contributed by atoms with Gasteiger partial charge in [0.25, 0.3) is 5.91 Å². The molecule has 4 atom stereocenters. The van der Waals surface area contributed by atoms with Crippen molar-refractivity contribution in [3.05, 3.63) is 94.7 Å². The normalized spacial score (nSPS) is 19.8. The third-order valence-electron chi connectivity index (χ3n) is 6.84. The van der Waals surface area contributed by atoms with Crippen molar-refractivity contribution in [1.29, 1.82) is 0 Å². The molecule has 1 amide bonds. The molecule has 47 heavy (non-hydrogen) atoms. The monoisotopic (exact) mass is 727 g/mol. The van der Waals surface area contributed by atoms with Gasteiger partial charge in [-0.1, -0.05) is 36.4 Å². The highest BCUT2D eigenvalue weighted by Gasteiger charge is 2.51. The molecule has 4 aromatic rings. The van der Waals surface area contributed by atoms with Crippen molar-refractivity contribution in [2.45, 2.75) is 45.3 Å². The second-order valence-corrected chi connectivity index (χ2v) is 13.5. The van der Waals surface area contributed by atoms with E-state index < -0.39 is 50.0 Å². The zero-order chi connectivity index (χ0) is 33.6. The summed E-state index contributed by atoms with van der Waals surface area (Å²) >= 11 is 3.32. The number of carbonyl (C=O) groups is 3. The van der Waals surface area contributed by atoms with Crippen LogP contribution in [0.4, 0.5) is 5.82 Å². The first-order valence-electron chi connectivity index (χ1n) is 14.5. The number of hydrogen-bond acceptors (Lipinski definition) is 12. The Morgan fingerprint density at radius 2 is 1.57 bits per heavy atom. The Morgan fingerprint density at radius 1 is 0.936 bits per heavy atom. The second-order valence-electron chi connectivity index (χ2n) is 9.99. The molecule has 16 heteroatoms. The maximum absolute atomic E-state index is 13.5. The first-order valence-corrected chi connectivity index (χ1v) is 16.9. The fraction of sp³-hybridized carbons (Fsp3) is 0.290. The maximum Gasteiger partial charge on any atom is 0.367 e. The van der Waals surface area contributed by atoms with Gasteiger partial charge in [-0.25, -0.2) is 19.7 Å². The molecule has 0 saturated carbocycles. The Hall–Kier alpha value is -4.27. The summed E-state index contributed by atoms with van der Waals surface area (Å²) in [6, 6.07) is 16.8. The van der Waals surface area contributed by atoms with E-state index in [4.69, 9.17) is 23.3 Å². The molecule has 2 aromatic heterocycles. The number of nitrogens with zero attached hydrogens (tertiary/aromatic N) is 4. The van der Waals surface area contributed by atoms with Crippen LogP contribution in [0.5, 0.6) is 0 Å². The van der Waals surface area contributed by atoms with E-state index in [1.165, 1.54) is 30.2 Å². The molecule has 1 saturated heterocycles. The van der Waals surface area contributed by atoms with Crippen molar-refractivity contribution in [3.63, 3.8) is 0 Å². The van der Waals surface area contributed by atoms with E-state index in [0.29, 0.717) is 5.56 Å². The van der Waals surface area contributed by atoms with Gasteiger partial charge in [-0.15, -0.1) is 0 Å². The van der Waals surface area contributed by atoms with E-state index in [1.54, 1.807) is 74.5 Å². The number of benzene rings is 2. The quantitative estimate of drug-likeness (QED) is 0.141. The number of nitrogens with one attached hydrogen (secondary N) is 1. The van der Waals surface area contributed by atoms with Gasteiger partial charge < -0.3 is 28.6 Å². The highest BCUT2D eigenvalue weighted by atomic mass is 79.9. The minimum Gasteiger partial charge on any atom is -0.454 e. The summed E-state index contributed by atoms with van der Waals surface area (Å²) in [6.07, 6.45) is -0.792. The Labute approximate surface area is 278 Å². The van der Waals surface area contributed by atoms with Gasteiger partial charge in [-0.2, -0.15) is 0 Å². The average Bonchev–Trinajstić information content (AvgIpc) is 3.63. The van der Waals surface area contributed by atoms with Crippen molar-refractivity contribution >= 4 is 58.4 Å².